The second-order valence-electron chi connectivity index (χ2n) is 5.76. The average molecular weight is 256 g/mol. The Hall–Kier alpha value is -0.610. The maximum atomic E-state index is 11.7. The minimum atomic E-state index is -0.331. The first-order valence-electron chi connectivity index (χ1n) is 7.19. The average Bonchev–Trinajstić information content (AvgIpc) is 2.57. The van der Waals surface area contributed by atoms with E-state index in [4.69, 9.17) is 10.5 Å². The Kier molecular flexibility index (Phi) is 6.65. The summed E-state index contributed by atoms with van der Waals surface area (Å²) in [5, 5.41) is 3.06. The molecule has 1 aliphatic rings. The van der Waals surface area contributed by atoms with Crippen molar-refractivity contribution in [1.29, 1.82) is 0 Å². The van der Waals surface area contributed by atoms with Crippen LogP contribution < -0.4 is 11.1 Å². The SMILES string of the molecule is CCC(C)(N)COCC(=O)NC1CCCCCC1. The van der Waals surface area contributed by atoms with Gasteiger partial charge in [-0.2, -0.15) is 0 Å². The molecule has 4 heteroatoms. The van der Waals surface area contributed by atoms with Gasteiger partial charge in [0, 0.05) is 11.6 Å². The van der Waals surface area contributed by atoms with Gasteiger partial charge in [0.15, 0.2) is 0 Å². The summed E-state index contributed by atoms with van der Waals surface area (Å²) in [6.45, 7) is 4.52. The highest BCUT2D eigenvalue weighted by molar-refractivity contribution is 5.77. The third kappa shape index (κ3) is 6.36. The zero-order valence-corrected chi connectivity index (χ0v) is 11.8. The molecule has 0 spiro atoms. The Bertz CT molecular complexity index is 246. The summed E-state index contributed by atoms with van der Waals surface area (Å²) in [5.41, 5.74) is 5.62. The molecule has 1 saturated carbocycles. The minimum absolute atomic E-state index is 0.00574. The lowest BCUT2D eigenvalue weighted by Gasteiger charge is -2.22. The number of nitrogens with one attached hydrogen (secondary N) is 1. The standard InChI is InChI=1S/C14H28N2O2/c1-3-14(2,15)11-18-10-13(17)16-12-8-6-4-5-7-9-12/h12H,3-11,15H2,1-2H3,(H,16,17). The van der Waals surface area contributed by atoms with Crippen molar-refractivity contribution in [3.05, 3.63) is 0 Å². The predicted octanol–water partition coefficient (Wildman–Crippen LogP) is 1.97. The molecule has 4 nitrogen and oxygen atoms in total. The van der Waals surface area contributed by atoms with Gasteiger partial charge in [0.25, 0.3) is 0 Å². The molecule has 106 valence electrons. The highest BCUT2D eigenvalue weighted by Crippen LogP contribution is 2.17. The fourth-order valence-corrected chi connectivity index (χ4v) is 2.17. The van der Waals surface area contributed by atoms with Crippen molar-refractivity contribution in [3.63, 3.8) is 0 Å². The third-order valence-electron chi connectivity index (χ3n) is 3.69. The lowest BCUT2D eigenvalue weighted by molar-refractivity contribution is -0.127. The number of amides is 1. The Labute approximate surface area is 111 Å². The van der Waals surface area contributed by atoms with Gasteiger partial charge in [0.2, 0.25) is 5.91 Å². The molecular weight excluding hydrogens is 228 g/mol. The quantitative estimate of drug-likeness (QED) is 0.714. The second-order valence-corrected chi connectivity index (χ2v) is 5.76. The highest BCUT2D eigenvalue weighted by atomic mass is 16.5. The molecule has 1 unspecified atom stereocenters. The molecule has 0 radical (unpaired) electrons. The first-order valence-corrected chi connectivity index (χ1v) is 7.19. The van der Waals surface area contributed by atoms with Crippen LogP contribution in [0.5, 0.6) is 0 Å². The third-order valence-corrected chi connectivity index (χ3v) is 3.69. The van der Waals surface area contributed by atoms with Crippen LogP contribution >= 0.6 is 0 Å². The second kappa shape index (κ2) is 7.74. The van der Waals surface area contributed by atoms with E-state index in [0.29, 0.717) is 12.6 Å². The molecule has 0 aromatic rings. The topological polar surface area (TPSA) is 64.3 Å². The number of hydrogen-bond donors (Lipinski definition) is 2. The van der Waals surface area contributed by atoms with E-state index >= 15 is 0 Å². The largest absolute Gasteiger partial charge is 0.370 e. The molecule has 0 heterocycles. The van der Waals surface area contributed by atoms with Crippen LogP contribution in [-0.2, 0) is 9.53 Å². The molecule has 0 aliphatic heterocycles. The summed E-state index contributed by atoms with van der Waals surface area (Å²) in [5.74, 6) is -0.00574. The zero-order valence-electron chi connectivity index (χ0n) is 11.8. The smallest absolute Gasteiger partial charge is 0.246 e. The van der Waals surface area contributed by atoms with Crippen molar-refractivity contribution in [2.75, 3.05) is 13.2 Å². The van der Waals surface area contributed by atoms with Crippen LogP contribution in [0.4, 0.5) is 0 Å². The number of carbonyl (C=O) groups is 1. The number of nitrogens with two attached hydrogens (primary N) is 1. The maximum absolute atomic E-state index is 11.7. The molecule has 3 N–H and O–H groups in total. The van der Waals surface area contributed by atoms with Crippen molar-refractivity contribution in [1.82, 2.24) is 5.32 Å². The molecule has 1 aliphatic carbocycles. The predicted molar refractivity (Wildman–Crippen MR) is 73.3 cm³/mol. The molecule has 1 rings (SSSR count). The van der Waals surface area contributed by atoms with Crippen molar-refractivity contribution in [3.8, 4) is 0 Å². The van der Waals surface area contributed by atoms with Crippen molar-refractivity contribution in [2.45, 2.75) is 70.4 Å². The van der Waals surface area contributed by atoms with Gasteiger partial charge < -0.3 is 15.8 Å². The van der Waals surface area contributed by atoms with Crippen molar-refractivity contribution < 1.29 is 9.53 Å². The van der Waals surface area contributed by atoms with Gasteiger partial charge in [-0.05, 0) is 26.2 Å². The van der Waals surface area contributed by atoms with Crippen molar-refractivity contribution in [2.24, 2.45) is 5.73 Å². The summed E-state index contributed by atoms with van der Waals surface area (Å²) in [6, 6.07) is 0.346. The zero-order chi connectivity index (χ0) is 13.4. The fourth-order valence-electron chi connectivity index (χ4n) is 2.17. The summed E-state index contributed by atoms with van der Waals surface area (Å²) in [6.07, 6.45) is 8.10. The lowest BCUT2D eigenvalue weighted by atomic mass is 10.0. The van der Waals surface area contributed by atoms with Crippen LogP contribution in [0.25, 0.3) is 0 Å². The molecule has 1 atom stereocenters. The van der Waals surface area contributed by atoms with Crippen LogP contribution in [0, 0.1) is 0 Å². The van der Waals surface area contributed by atoms with E-state index < -0.39 is 0 Å². The number of rotatable bonds is 6. The van der Waals surface area contributed by atoms with Gasteiger partial charge in [0.05, 0.1) is 6.61 Å². The van der Waals surface area contributed by atoms with E-state index in [1.54, 1.807) is 0 Å². The summed E-state index contributed by atoms with van der Waals surface area (Å²) < 4.78 is 5.39. The molecule has 1 amide bonds. The Morgan fingerprint density at radius 3 is 2.50 bits per heavy atom. The van der Waals surface area contributed by atoms with E-state index in [1.807, 2.05) is 13.8 Å². The summed E-state index contributed by atoms with van der Waals surface area (Å²) in [7, 11) is 0. The van der Waals surface area contributed by atoms with Crippen LogP contribution in [0.1, 0.15) is 58.8 Å². The van der Waals surface area contributed by atoms with E-state index in [9.17, 15) is 4.79 Å². The molecule has 1 fully saturated rings. The monoisotopic (exact) mass is 256 g/mol. The van der Waals surface area contributed by atoms with Gasteiger partial charge in [-0.25, -0.2) is 0 Å². The highest BCUT2D eigenvalue weighted by Gasteiger charge is 2.18. The molecule has 0 aromatic carbocycles. The van der Waals surface area contributed by atoms with Crippen molar-refractivity contribution >= 4 is 5.91 Å². The lowest BCUT2D eigenvalue weighted by Crippen LogP contribution is -2.42. The van der Waals surface area contributed by atoms with E-state index in [2.05, 4.69) is 5.32 Å². The molecule has 18 heavy (non-hydrogen) atoms. The van der Waals surface area contributed by atoms with E-state index in [0.717, 1.165) is 19.3 Å². The van der Waals surface area contributed by atoms with E-state index in [1.165, 1.54) is 25.7 Å². The first kappa shape index (κ1) is 15.4. The van der Waals surface area contributed by atoms with Gasteiger partial charge in [-0.1, -0.05) is 32.6 Å². The minimum Gasteiger partial charge on any atom is -0.370 e. The Morgan fingerprint density at radius 1 is 1.33 bits per heavy atom. The summed E-state index contributed by atoms with van der Waals surface area (Å²) in [4.78, 5) is 11.7. The molecule has 0 bridgehead atoms. The van der Waals surface area contributed by atoms with Gasteiger partial charge in [-0.15, -0.1) is 0 Å². The Balaban J connectivity index is 2.16. The van der Waals surface area contributed by atoms with Crippen LogP contribution in [0.2, 0.25) is 0 Å². The molecular formula is C14H28N2O2. The van der Waals surface area contributed by atoms with E-state index in [-0.39, 0.29) is 18.1 Å². The Morgan fingerprint density at radius 2 is 1.94 bits per heavy atom. The van der Waals surface area contributed by atoms with Gasteiger partial charge >= 0.3 is 0 Å². The van der Waals surface area contributed by atoms with Gasteiger partial charge in [0.1, 0.15) is 6.61 Å². The number of ether oxygens (including phenoxy) is 1. The van der Waals surface area contributed by atoms with Crippen LogP contribution in [0.3, 0.4) is 0 Å². The molecule has 0 aromatic heterocycles. The number of carbonyl (C=O) groups excluding carboxylic acids is 1. The number of hydrogen-bond acceptors (Lipinski definition) is 3. The first-order chi connectivity index (χ1) is 8.53. The van der Waals surface area contributed by atoms with Crippen LogP contribution in [-0.4, -0.2) is 30.7 Å². The van der Waals surface area contributed by atoms with Crippen LogP contribution in [0.15, 0.2) is 0 Å². The van der Waals surface area contributed by atoms with Gasteiger partial charge in [-0.3, -0.25) is 4.79 Å². The normalized spacial score (nSPS) is 21.1. The molecule has 0 saturated heterocycles. The maximum Gasteiger partial charge on any atom is 0.246 e. The fraction of sp³-hybridized carbons (Fsp3) is 0.929. The summed E-state index contributed by atoms with van der Waals surface area (Å²) >= 11 is 0.